The van der Waals surface area contributed by atoms with Gasteiger partial charge < -0.3 is 4.74 Å². The number of carbonyl (C=O) groups excluding carboxylic acids is 1. The van der Waals surface area contributed by atoms with E-state index in [2.05, 4.69) is 0 Å². The lowest BCUT2D eigenvalue weighted by atomic mass is 9.89. The minimum atomic E-state index is -0.235. The second-order valence-electron chi connectivity index (χ2n) is 3.52. The first-order chi connectivity index (χ1) is 4.56. The summed E-state index contributed by atoms with van der Waals surface area (Å²) in [6, 6.07) is 0. The summed E-state index contributed by atoms with van der Waals surface area (Å²) in [5, 5.41) is 0. The van der Waals surface area contributed by atoms with Gasteiger partial charge in [0.25, 0.3) is 0 Å². The maximum Gasteiger partial charge on any atom is 0.311 e. The first kappa shape index (κ1) is 7.58. The number of esters is 1. The number of hydrogen-bond donors (Lipinski definition) is 0. The molecule has 10 heavy (non-hydrogen) atoms. The second-order valence-corrected chi connectivity index (χ2v) is 3.52. The molecule has 0 radical (unpaired) electrons. The molecule has 58 valence electrons. The lowest BCUT2D eigenvalue weighted by Gasteiger charge is -2.08. The van der Waals surface area contributed by atoms with Gasteiger partial charge in [-0.2, -0.15) is 0 Å². The van der Waals surface area contributed by atoms with Crippen molar-refractivity contribution in [1.29, 1.82) is 0 Å². The summed E-state index contributed by atoms with van der Waals surface area (Å²) in [6.45, 7) is 5.91. The fourth-order valence-corrected chi connectivity index (χ4v) is 1.23. The predicted octanol–water partition coefficient (Wildman–Crippen LogP) is 1.74. The van der Waals surface area contributed by atoms with E-state index >= 15 is 0 Å². The second kappa shape index (κ2) is 2.26. The molecule has 1 aliphatic heterocycles. The maximum atomic E-state index is 11.0. The van der Waals surface area contributed by atoms with Crippen molar-refractivity contribution < 1.29 is 9.53 Å². The Morgan fingerprint density at radius 1 is 1.70 bits per heavy atom. The molecule has 1 unspecified atom stereocenters. The first-order valence-electron chi connectivity index (χ1n) is 3.77. The van der Waals surface area contributed by atoms with Crippen LogP contribution < -0.4 is 0 Å². The van der Waals surface area contributed by atoms with Crippen molar-refractivity contribution in [2.75, 3.05) is 0 Å². The molecule has 1 aliphatic rings. The zero-order valence-electron chi connectivity index (χ0n) is 6.81. The minimum Gasteiger partial charge on any atom is -0.462 e. The Hall–Kier alpha value is -0.530. The lowest BCUT2D eigenvalue weighted by molar-refractivity contribution is -0.147. The Labute approximate surface area is 61.6 Å². The molecule has 1 atom stereocenters. The molecule has 0 N–H and O–H groups in total. The summed E-state index contributed by atoms with van der Waals surface area (Å²) in [6.07, 6.45) is 1.99. The highest BCUT2D eigenvalue weighted by atomic mass is 16.6. The summed E-state index contributed by atoms with van der Waals surface area (Å²) in [4.78, 5) is 11.0. The number of ether oxygens (including phenoxy) is 1. The van der Waals surface area contributed by atoms with Gasteiger partial charge in [-0.3, -0.25) is 4.79 Å². The Balaban J connectivity index is 2.62. The zero-order chi connectivity index (χ0) is 7.78. The average Bonchev–Trinajstić information content (AvgIpc) is 2.08. The quantitative estimate of drug-likeness (QED) is 0.521. The fraction of sp³-hybridized carbons (Fsp3) is 0.875. The Morgan fingerprint density at radius 2 is 2.30 bits per heavy atom. The van der Waals surface area contributed by atoms with Crippen LogP contribution in [0.5, 0.6) is 0 Å². The normalized spacial score (nSPS) is 30.3. The van der Waals surface area contributed by atoms with E-state index in [1.165, 1.54) is 0 Å². The van der Waals surface area contributed by atoms with Crippen LogP contribution >= 0.6 is 0 Å². The van der Waals surface area contributed by atoms with Gasteiger partial charge in [0.15, 0.2) is 0 Å². The van der Waals surface area contributed by atoms with E-state index in [0.29, 0.717) is 0 Å². The Bertz CT molecular complexity index is 149. The van der Waals surface area contributed by atoms with Crippen LogP contribution in [0.25, 0.3) is 0 Å². The summed E-state index contributed by atoms with van der Waals surface area (Å²) in [5.74, 6) is -0.0423. The molecule has 1 fully saturated rings. The molecule has 0 aromatic rings. The van der Waals surface area contributed by atoms with Crippen molar-refractivity contribution in [3.8, 4) is 0 Å². The van der Waals surface area contributed by atoms with Crippen molar-refractivity contribution in [3.63, 3.8) is 0 Å². The van der Waals surface area contributed by atoms with Crippen LogP contribution in [0.3, 0.4) is 0 Å². The molecule has 0 spiro atoms. The highest BCUT2D eigenvalue weighted by Gasteiger charge is 2.40. The van der Waals surface area contributed by atoms with E-state index in [1.807, 2.05) is 20.8 Å². The summed E-state index contributed by atoms with van der Waals surface area (Å²) in [7, 11) is 0. The monoisotopic (exact) mass is 142 g/mol. The Morgan fingerprint density at radius 3 is 2.50 bits per heavy atom. The Kier molecular flexibility index (Phi) is 1.71. The molecule has 1 heterocycles. The van der Waals surface area contributed by atoms with Gasteiger partial charge in [0.05, 0.1) is 5.41 Å². The van der Waals surface area contributed by atoms with Gasteiger partial charge in [0.2, 0.25) is 0 Å². The largest absolute Gasteiger partial charge is 0.462 e. The average molecular weight is 142 g/mol. The van der Waals surface area contributed by atoms with Crippen molar-refractivity contribution in [3.05, 3.63) is 0 Å². The highest BCUT2D eigenvalue weighted by molar-refractivity contribution is 5.78. The third-order valence-electron chi connectivity index (χ3n) is 2.02. The van der Waals surface area contributed by atoms with Crippen LogP contribution in [0, 0.1) is 5.41 Å². The number of cyclic esters (lactones) is 1. The SMILES string of the molecule is CCC1CC(C)(C)C(=O)O1. The van der Waals surface area contributed by atoms with Crippen LogP contribution in [0.15, 0.2) is 0 Å². The third-order valence-corrected chi connectivity index (χ3v) is 2.02. The van der Waals surface area contributed by atoms with E-state index in [1.54, 1.807) is 0 Å². The van der Waals surface area contributed by atoms with Crippen molar-refractivity contribution in [1.82, 2.24) is 0 Å². The molecule has 0 bridgehead atoms. The fourth-order valence-electron chi connectivity index (χ4n) is 1.23. The van der Waals surface area contributed by atoms with E-state index in [9.17, 15) is 4.79 Å². The van der Waals surface area contributed by atoms with Crippen molar-refractivity contribution >= 4 is 5.97 Å². The molecule has 2 heteroatoms. The first-order valence-corrected chi connectivity index (χ1v) is 3.77. The van der Waals surface area contributed by atoms with Crippen LogP contribution in [-0.4, -0.2) is 12.1 Å². The standard InChI is InChI=1S/C8H14O2/c1-4-6-5-8(2,3)7(9)10-6/h6H,4-5H2,1-3H3. The molecule has 0 saturated carbocycles. The molecular formula is C8H14O2. The number of rotatable bonds is 1. The molecule has 0 amide bonds. The van der Waals surface area contributed by atoms with Gasteiger partial charge in [-0.15, -0.1) is 0 Å². The van der Waals surface area contributed by atoms with E-state index < -0.39 is 0 Å². The van der Waals surface area contributed by atoms with Gasteiger partial charge in [0.1, 0.15) is 6.10 Å². The maximum absolute atomic E-state index is 11.0. The molecule has 1 saturated heterocycles. The third kappa shape index (κ3) is 1.15. The molecule has 0 aliphatic carbocycles. The minimum absolute atomic E-state index is 0.0423. The van der Waals surface area contributed by atoms with Gasteiger partial charge in [-0.25, -0.2) is 0 Å². The van der Waals surface area contributed by atoms with Gasteiger partial charge in [-0.1, -0.05) is 6.92 Å². The van der Waals surface area contributed by atoms with Gasteiger partial charge in [-0.05, 0) is 26.7 Å². The van der Waals surface area contributed by atoms with Crippen LogP contribution in [0.2, 0.25) is 0 Å². The highest BCUT2D eigenvalue weighted by Crippen LogP contribution is 2.33. The summed E-state index contributed by atoms with van der Waals surface area (Å²) >= 11 is 0. The van der Waals surface area contributed by atoms with Crippen molar-refractivity contribution in [2.24, 2.45) is 5.41 Å². The molecule has 1 rings (SSSR count). The summed E-state index contributed by atoms with van der Waals surface area (Å²) in [5.41, 5.74) is -0.235. The predicted molar refractivity (Wildman–Crippen MR) is 38.6 cm³/mol. The van der Waals surface area contributed by atoms with E-state index in [-0.39, 0.29) is 17.5 Å². The smallest absolute Gasteiger partial charge is 0.311 e. The number of carbonyl (C=O) groups is 1. The van der Waals surface area contributed by atoms with Gasteiger partial charge in [0, 0.05) is 0 Å². The molecule has 0 aromatic heterocycles. The van der Waals surface area contributed by atoms with Crippen LogP contribution in [-0.2, 0) is 9.53 Å². The van der Waals surface area contributed by atoms with Gasteiger partial charge >= 0.3 is 5.97 Å². The molecular weight excluding hydrogens is 128 g/mol. The van der Waals surface area contributed by atoms with Crippen molar-refractivity contribution in [2.45, 2.75) is 39.7 Å². The topological polar surface area (TPSA) is 26.3 Å². The lowest BCUT2D eigenvalue weighted by Crippen LogP contribution is -2.16. The molecule has 2 nitrogen and oxygen atoms in total. The molecule has 0 aromatic carbocycles. The van der Waals surface area contributed by atoms with E-state index in [4.69, 9.17) is 4.74 Å². The zero-order valence-corrected chi connectivity index (χ0v) is 6.81. The number of hydrogen-bond acceptors (Lipinski definition) is 2. The van der Waals surface area contributed by atoms with Crippen LogP contribution in [0.4, 0.5) is 0 Å². The summed E-state index contributed by atoms with van der Waals surface area (Å²) < 4.78 is 5.09. The van der Waals surface area contributed by atoms with E-state index in [0.717, 1.165) is 12.8 Å². The van der Waals surface area contributed by atoms with Crippen LogP contribution in [0.1, 0.15) is 33.6 Å².